The number of amides is 1. The van der Waals surface area contributed by atoms with Crippen molar-refractivity contribution in [3.8, 4) is 0 Å². The molecule has 2 heterocycles. The van der Waals surface area contributed by atoms with Gasteiger partial charge in [0.2, 0.25) is 0 Å². The van der Waals surface area contributed by atoms with Crippen molar-refractivity contribution in [1.29, 1.82) is 0 Å². The third-order valence-electron chi connectivity index (χ3n) is 5.31. The van der Waals surface area contributed by atoms with Crippen LogP contribution in [0.25, 0.3) is 0 Å². The van der Waals surface area contributed by atoms with E-state index >= 15 is 0 Å². The molecule has 132 valence electrons. The van der Waals surface area contributed by atoms with Gasteiger partial charge in [-0.05, 0) is 69.3 Å². The minimum atomic E-state index is -0.102. The first kappa shape index (κ1) is 16.3. The number of benzene rings is 1. The number of H-pyrrole nitrogens is 1. The second kappa shape index (κ2) is 7.40. The Balaban J connectivity index is 1.44. The van der Waals surface area contributed by atoms with Crippen molar-refractivity contribution in [1.82, 2.24) is 15.1 Å². The molecule has 1 amide bonds. The normalized spacial score (nSPS) is 17.9. The van der Waals surface area contributed by atoms with E-state index in [4.69, 9.17) is 0 Å². The number of hydrogen-bond donors (Lipinski definition) is 2. The van der Waals surface area contributed by atoms with Crippen LogP contribution in [-0.4, -0.2) is 34.1 Å². The van der Waals surface area contributed by atoms with Gasteiger partial charge < -0.3 is 5.32 Å². The van der Waals surface area contributed by atoms with Crippen molar-refractivity contribution in [3.63, 3.8) is 0 Å². The van der Waals surface area contributed by atoms with Gasteiger partial charge in [0.15, 0.2) is 5.69 Å². The van der Waals surface area contributed by atoms with Crippen LogP contribution in [0.2, 0.25) is 0 Å². The van der Waals surface area contributed by atoms with E-state index in [0.29, 0.717) is 5.69 Å². The molecule has 0 radical (unpaired) electrons. The van der Waals surface area contributed by atoms with Crippen LogP contribution >= 0.6 is 0 Å². The molecule has 0 saturated carbocycles. The third-order valence-corrected chi connectivity index (χ3v) is 5.31. The number of piperidine rings is 1. The van der Waals surface area contributed by atoms with Crippen molar-refractivity contribution in [2.45, 2.75) is 51.5 Å². The number of fused-ring (bicyclic) bond motifs is 1. The summed E-state index contributed by atoms with van der Waals surface area (Å²) in [4.78, 5) is 15.1. The lowest BCUT2D eigenvalue weighted by atomic mass is 9.96. The molecular formula is C20H26N4O. The van der Waals surface area contributed by atoms with Gasteiger partial charge >= 0.3 is 0 Å². The molecule has 1 aromatic heterocycles. The van der Waals surface area contributed by atoms with Gasteiger partial charge in [0, 0.05) is 23.5 Å². The van der Waals surface area contributed by atoms with Gasteiger partial charge in [0.05, 0.1) is 0 Å². The van der Waals surface area contributed by atoms with Crippen LogP contribution in [0.15, 0.2) is 24.3 Å². The molecule has 2 aromatic rings. The van der Waals surface area contributed by atoms with Crippen LogP contribution in [-0.2, 0) is 19.4 Å². The first-order chi connectivity index (χ1) is 12.3. The Kier molecular flexibility index (Phi) is 4.83. The topological polar surface area (TPSA) is 61.0 Å². The summed E-state index contributed by atoms with van der Waals surface area (Å²) in [5, 5.41) is 10.3. The summed E-state index contributed by atoms with van der Waals surface area (Å²) < 4.78 is 0. The van der Waals surface area contributed by atoms with Gasteiger partial charge in [-0.15, -0.1) is 0 Å². The van der Waals surface area contributed by atoms with Gasteiger partial charge in [-0.1, -0.05) is 18.6 Å². The lowest BCUT2D eigenvalue weighted by Crippen LogP contribution is -2.29. The van der Waals surface area contributed by atoms with E-state index in [9.17, 15) is 4.79 Å². The predicted octanol–water partition coefficient (Wildman–Crippen LogP) is 3.53. The number of aryl methyl sites for hydroxylation is 1. The Bertz CT molecular complexity index is 746. The zero-order valence-electron chi connectivity index (χ0n) is 14.7. The molecule has 0 bridgehead atoms. The molecule has 1 aliphatic carbocycles. The van der Waals surface area contributed by atoms with Crippen LogP contribution in [0.1, 0.15) is 59.4 Å². The summed E-state index contributed by atoms with van der Waals surface area (Å²) in [6.45, 7) is 3.31. The minimum absolute atomic E-state index is 0.102. The number of aromatic amines is 1. The smallest absolute Gasteiger partial charge is 0.276 e. The van der Waals surface area contributed by atoms with Crippen molar-refractivity contribution in [3.05, 3.63) is 46.8 Å². The van der Waals surface area contributed by atoms with E-state index in [0.717, 1.165) is 42.8 Å². The van der Waals surface area contributed by atoms with E-state index in [1.807, 2.05) is 12.1 Å². The van der Waals surface area contributed by atoms with E-state index < -0.39 is 0 Å². The van der Waals surface area contributed by atoms with Gasteiger partial charge in [-0.2, -0.15) is 5.10 Å². The number of anilines is 1. The van der Waals surface area contributed by atoms with E-state index in [1.165, 1.54) is 44.3 Å². The maximum absolute atomic E-state index is 12.6. The highest BCUT2D eigenvalue weighted by atomic mass is 16.1. The number of likely N-dealkylation sites (tertiary alicyclic amines) is 1. The molecular weight excluding hydrogens is 312 g/mol. The molecule has 1 aliphatic heterocycles. The Morgan fingerprint density at radius 2 is 1.96 bits per heavy atom. The molecule has 1 aromatic carbocycles. The standard InChI is InChI=1S/C20H26N4O/c25-20(19-17-9-2-3-10-18(17)22-23-19)21-16-8-6-7-15(13-16)14-24-11-4-1-5-12-24/h6-8,13H,1-5,9-12,14H2,(H,21,25)(H,22,23). The summed E-state index contributed by atoms with van der Waals surface area (Å²) in [5.41, 5.74) is 4.91. The van der Waals surface area contributed by atoms with Crippen molar-refractivity contribution in [2.75, 3.05) is 18.4 Å². The summed E-state index contributed by atoms with van der Waals surface area (Å²) >= 11 is 0. The average Bonchev–Trinajstić information content (AvgIpc) is 3.07. The molecule has 0 spiro atoms. The number of rotatable bonds is 4. The monoisotopic (exact) mass is 338 g/mol. The van der Waals surface area contributed by atoms with E-state index in [1.54, 1.807) is 0 Å². The third kappa shape index (κ3) is 3.76. The van der Waals surface area contributed by atoms with Gasteiger partial charge in [-0.3, -0.25) is 14.8 Å². The Labute approximate surface area is 148 Å². The summed E-state index contributed by atoms with van der Waals surface area (Å²) in [6.07, 6.45) is 8.19. The fourth-order valence-electron chi connectivity index (χ4n) is 3.98. The van der Waals surface area contributed by atoms with Gasteiger partial charge in [-0.25, -0.2) is 0 Å². The number of aromatic nitrogens is 2. The Hall–Kier alpha value is -2.14. The SMILES string of the molecule is O=C(Nc1cccc(CN2CCCCC2)c1)c1n[nH]c2c1CCCC2. The van der Waals surface area contributed by atoms with E-state index in [-0.39, 0.29) is 5.91 Å². The number of carbonyl (C=O) groups is 1. The molecule has 0 unspecified atom stereocenters. The largest absolute Gasteiger partial charge is 0.321 e. The Morgan fingerprint density at radius 1 is 1.12 bits per heavy atom. The van der Waals surface area contributed by atoms with Crippen LogP contribution in [0.4, 0.5) is 5.69 Å². The summed E-state index contributed by atoms with van der Waals surface area (Å²) in [6, 6.07) is 8.21. The van der Waals surface area contributed by atoms with Crippen LogP contribution in [0.3, 0.4) is 0 Å². The molecule has 0 atom stereocenters. The van der Waals surface area contributed by atoms with E-state index in [2.05, 4.69) is 32.5 Å². The van der Waals surface area contributed by atoms with Gasteiger partial charge in [0.25, 0.3) is 5.91 Å². The second-order valence-electron chi connectivity index (χ2n) is 7.23. The molecule has 25 heavy (non-hydrogen) atoms. The minimum Gasteiger partial charge on any atom is -0.321 e. The highest BCUT2D eigenvalue weighted by molar-refractivity contribution is 6.04. The lowest BCUT2D eigenvalue weighted by Gasteiger charge is -2.26. The van der Waals surface area contributed by atoms with Crippen molar-refractivity contribution < 1.29 is 4.79 Å². The molecule has 2 aliphatic rings. The lowest BCUT2D eigenvalue weighted by molar-refractivity contribution is 0.102. The maximum atomic E-state index is 12.6. The van der Waals surface area contributed by atoms with Crippen LogP contribution in [0.5, 0.6) is 0 Å². The number of carbonyl (C=O) groups excluding carboxylic acids is 1. The molecule has 5 heteroatoms. The van der Waals surface area contributed by atoms with Crippen molar-refractivity contribution in [2.24, 2.45) is 0 Å². The second-order valence-corrected chi connectivity index (χ2v) is 7.23. The maximum Gasteiger partial charge on any atom is 0.276 e. The molecule has 4 rings (SSSR count). The fraction of sp³-hybridized carbons (Fsp3) is 0.500. The molecule has 1 saturated heterocycles. The molecule has 2 N–H and O–H groups in total. The summed E-state index contributed by atoms with van der Waals surface area (Å²) in [5.74, 6) is -0.102. The summed E-state index contributed by atoms with van der Waals surface area (Å²) in [7, 11) is 0. The molecule has 1 fully saturated rings. The Morgan fingerprint density at radius 3 is 2.84 bits per heavy atom. The van der Waals surface area contributed by atoms with Gasteiger partial charge in [0.1, 0.15) is 0 Å². The first-order valence-corrected chi connectivity index (χ1v) is 9.48. The highest BCUT2D eigenvalue weighted by Gasteiger charge is 2.21. The van der Waals surface area contributed by atoms with Crippen molar-refractivity contribution >= 4 is 11.6 Å². The highest BCUT2D eigenvalue weighted by Crippen LogP contribution is 2.23. The number of nitrogens with one attached hydrogen (secondary N) is 2. The fourth-order valence-corrected chi connectivity index (χ4v) is 3.98. The quantitative estimate of drug-likeness (QED) is 0.896. The average molecular weight is 338 g/mol. The first-order valence-electron chi connectivity index (χ1n) is 9.48. The van der Waals surface area contributed by atoms with Crippen LogP contribution in [0, 0.1) is 0 Å². The number of hydrogen-bond acceptors (Lipinski definition) is 3. The zero-order valence-corrected chi connectivity index (χ0v) is 14.7. The molecule has 5 nitrogen and oxygen atoms in total. The van der Waals surface area contributed by atoms with Crippen LogP contribution < -0.4 is 5.32 Å². The number of nitrogens with zero attached hydrogens (tertiary/aromatic N) is 2. The zero-order chi connectivity index (χ0) is 17.1. The predicted molar refractivity (Wildman–Crippen MR) is 98.8 cm³/mol.